The molecule has 0 spiro atoms. The maximum atomic E-state index is 11.4. The molecule has 0 radical (unpaired) electrons. The molecule has 0 aliphatic carbocycles. The highest BCUT2D eigenvalue weighted by molar-refractivity contribution is 6.02. The summed E-state index contributed by atoms with van der Waals surface area (Å²) in [4.78, 5) is 45.2. The Labute approximate surface area is 91.1 Å². The summed E-state index contributed by atoms with van der Waals surface area (Å²) in [5.41, 5.74) is 5.03. The van der Waals surface area contributed by atoms with Crippen molar-refractivity contribution in [1.29, 1.82) is 0 Å². The first kappa shape index (κ1) is 12.1. The number of nitrogens with two attached hydrogens (primary N) is 1. The van der Waals surface area contributed by atoms with Gasteiger partial charge in [0.2, 0.25) is 23.6 Å². The van der Waals surface area contributed by atoms with Crippen molar-refractivity contribution in [1.82, 2.24) is 15.5 Å². The summed E-state index contributed by atoms with van der Waals surface area (Å²) in [6.45, 7) is -0.838. The van der Waals surface area contributed by atoms with Gasteiger partial charge in [-0.1, -0.05) is 0 Å². The zero-order chi connectivity index (χ0) is 12.1. The van der Waals surface area contributed by atoms with Gasteiger partial charge < -0.3 is 16.0 Å². The van der Waals surface area contributed by atoms with Crippen molar-refractivity contribution in [2.75, 3.05) is 26.2 Å². The van der Waals surface area contributed by atoms with Crippen molar-refractivity contribution in [3.8, 4) is 0 Å². The minimum atomic E-state index is -0.533. The molecule has 1 rings (SSSR count). The van der Waals surface area contributed by atoms with Crippen LogP contribution in [0.5, 0.6) is 0 Å². The number of nitrogens with one attached hydrogen (secondary N) is 2. The first-order chi connectivity index (χ1) is 7.52. The van der Waals surface area contributed by atoms with E-state index < -0.39 is 23.6 Å². The predicted octanol–water partition coefficient (Wildman–Crippen LogP) is -3.45. The number of rotatable bonds is 3. The Bertz CT molecular complexity index is 325. The fourth-order valence-electron chi connectivity index (χ4n) is 1.17. The Morgan fingerprint density at radius 1 is 1.31 bits per heavy atom. The Kier molecular flexibility index (Phi) is 3.95. The highest BCUT2D eigenvalue weighted by Crippen LogP contribution is 1.94. The fourth-order valence-corrected chi connectivity index (χ4v) is 1.17. The molecule has 0 saturated carbocycles. The monoisotopic (exact) mass is 228 g/mol. The Balaban J connectivity index is 2.44. The molecule has 0 aromatic heterocycles. The molecule has 0 bridgehead atoms. The number of amides is 4. The molecule has 0 aromatic rings. The summed E-state index contributed by atoms with van der Waals surface area (Å²) in [6.07, 6.45) is 0. The smallest absolute Gasteiger partial charge is 0.246 e. The maximum Gasteiger partial charge on any atom is 0.246 e. The maximum absolute atomic E-state index is 11.4. The van der Waals surface area contributed by atoms with E-state index in [0.29, 0.717) is 0 Å². The lowest BCUT2D eigenvalue weighted by molar-refractivity contribution is -0.145. The van der Waals surface area contributed by atoms with Crippen molar-refractivity contribution < 1.29 is 19.2 Å². The van der Waals surface area contributed by atoms with E-state index in [1.807, 2.05) is 0 Å². The van der Waals surface area contributed by atoms with E-state index in [1.54, 1.807) is 0 Å². The summed E-state index contributed by atoms with van der Waals surface area (Å²) in [7, 11) is 0. The molecule has 16 heavy (non-hydrogen) atoms. The topological polar surface area (TPSA) is 122 Å². The number of piperazine rings is 1. The molecule has 0 unspecified atom stereocenters. The van der Waals surface area contributed by atoms with Gasteiger partial charge in [-0.25, -0.2) is 0 Å². The molecule has 8 nitrogen and oxygen atoms in total. The van der Waals surface area contributed by atoms with Gasteiger partial charge >= 0.3 is 0 Å². The van der Waals surface area contributed by atoms with Crippen molar-refractivity contribution >= 4 is 23.6 Å². The molecule has 4 amide bonds. The third-order valence-corrected chi connectivity index (χ3v) is 1.92. The predicted molar refractivity (Wildman–Crippen MR) is 51.8 cm³/mol. The zero-order valence-electron chi connectivity index (χ0n) is 8.49. The van der Waals surface area contributed by atoms with E-state index in [9.17, 15) is 19.2 Å². The van der Waals surface area contributed by atoms with Crippen LogP contribution in [0.4, 0.5) is 0 Å². The molecular formula is C8H12N4O4. The average Bonchev–Trinajstić information content (AvgIpc) is 2.23. The number of hydrogen-bond acceptors (Lipinski definition) is 5. The second-order valence-electron chi connectivity index (χ2n) is 3.20. The van der Waals surface area contributed by atoms with Crippen LogP contribution in [0.2, 0.25) is 0 Å². The van der Waals surface area contributed by atoms with Gasteiger partial charge in [0.05, 0.1) is 13.1 Å². The van der Waals surface area contributed by atoms with E-state index in [0.717, 1.165) is 4.90 Å². The summed E-state index contributed by atoms with van der Waals surface area (Å²) in [5, 5.41) is 4.32. The largest absolute Gasteiger partial charge is 0.346 e. The average molecular weight is 228 g/mol. The van der Waals surface area contributed by atoms with E-state index in [-0.39, 0.29) is 26.2 Å². The molecule has 1 saturated heterocycles. The van der Waals surface area contributed by atoms with Gasteiger partial charge in [0, 0.05) is 0 Å². The summed E-state index contributed by atoms with van der Waals surface area (Å²) in [6, 6.07) is 0. The fraction of sp³-hybridized carbons (Fsp3) is 0.500. The van der Waals surface area contributed by atoms with E-state index in [4.69, 9.17) is 5.73 Å². The Hall–Kier alpha value is -1.96. The number of carbonyl (C=O) groups is 4. The highest BCUT2D eigenvalue weighted by atomic mass is 16.2. The van der Waals surface area contributed by atoms with Gasteiger partial charge in [-0.2, -0.15) is 0 Å². The normalized spacial score (nSPS) is 15.7. The molecule has 1 aliphatic heterocycles. The lowest BCUT2D eigenvalue weighted by Crippen LogP contribution is -2.55. The van der Waals surface area contributed by atoms with Gasteiger partial charge in [-0.15, -0.1) is 0 Å². The molecule has 1 heterocycles. The number of nitrogens with zero attached hydrogens (tertiary/aromatic N) is 1. The van der Waals surface area contributed by atoms with Crippen molar-refractivity contribution in [3.63, 3.8) is 0 Å². The van der Waals surface area contributed by atoms with Crippen LogP contribution in [0.15, 0.2) is 0 Å². The standard InChI is InChI=1S/C8H12N4O4/c9-1-5(13)10-2-8(16)12-3-6(14)11-7(15)4-12/h1-4,9H2,(H,10,13)(H,11,14,15). The van der Waals surface area contributed by atoms with Crippen LogP contribution in [0.1, 0.15) is 0 Å². The van der Waals surface area contributed by atoms with Crippen molar-refractivity contribution in [3.05, 3.63) is 0 Å². The molecule has 0 aromatic carbocycles. The van der Waals surface area contributed by atoms with Crippen LogP contribution < -0.4 is 16.4 Å². The minimum absolute atomic E-state index is 0.178. The number of imide groups is 1. The van der Waals surface area contributed by atoms with Crippen LogP contribution in [-0.2, 0) is 19.2 Å². The van der Waals surface area contributed by atoms with E-state index in [2.05, 4.69) is 10.6 Å². The van der Waals surface area contributed by atoms with Gasteiger partial charge in [0.1, 0.15) is 13.1 Å². The molecule has 1 fully saturated rings. The summed E-state index contributed by atoms with van der Waals surface area (Å²) < 4.78 is 0. The second-order valence-corrected chi connectivity index (χ2v) is 3.20. The molecule has 8 heteroatoms. The SMILES string of the molecule is NCC(=O)NCC(=O)N1CC(=O)NC(=O)C1. The van der Waals surface area contributed by atoms with Gasteiger partial charge in [-0.05, 0) is 0 Å². The summed E-state index contributed by atoms with van der Waals surface area (Å²) >= 11 is 0. The van der Waals surface area contributed by atoms with Crippen molar-refractivity contribution in [2.45, 2.75) is 0 Å². The minimum Gasteiger partial charge on any atom is -0.346 e. The van der Waals surface area contributed by atoms with Crippen LogP contribution in [0.25, 0.3) is 0 Å². The highest BCUT2D eigenvalue weighted by Gasteiger charge is 2.26. The summed E-state index contributed by atoms with van der Waals surface area (Å²) in [5.74, 6) is -2.03. The van der Waals surface area contributed by atoms with Gasteiger partial charge in [-0.3, -0.25) is 24.5 Å². The number of hydrogen-bond donors (Lipinski definition) is 3. The van der Waals surface area contributed by atoms with Gasteiger partial charge in [0.25, 0.3) is 0 Å². The van der Waals surface area contributed by atoms with Crippen LogP contribution in [0.3, 0.4) is 0 Å². The lowest BCUT2D eigenvalue weighted by Gasteiger charge is -2.25. The van der Waals surface area contributed by atoms with Crippen LogP contribution in [-0.4, -0.2) is 54.7 Å². The van der Waals surface area contributed by atoms with E-state index in [1.165, 1.54) is 0 Å². The zero-order valence-corrected chi connectivity index (χ0v) is 8.49. The Morgan fingerprint density at radius 2 is 1.88 bits per heavy atom. The quantitative estimate of drug-likeness (QED) is 0.433. The molecule has 1 aliphatic rings. The van der Waals surface area contributed by atoms with E-state index >= 15 is 0 Å². The first-order valence-corrected chi connectivity index (χ1v) is 4.60. The van der Waals surface area contributed by atoms with Crippen LogP contribution in [0, 0.1) is 0 Å². The van der Waals surface area contributed by atoms with Crippen LogP contribution >= 0.6 is 0 Å². The van der Waals surface area contributed by atoms with Gasteiger partial charge in [0.15, 0.2) is 0 Å². The molecule has 4 N–H and O–H groups in total. The first-order valence-electron chi connectivity index (χ1n) is 4.60. The molecular weight excluding hydrogens is 216 g/mol. The number of carbonyl (C=O) groups excluding carboxylic acids is 4. The second kappa shape index (κ2) is 5.21. The van der Waals surface area contributed by atoms with Crippen molar-refractivity contribution in [2.24, 2.45) is 5.73 Å². The lowest BCUT2D eigenvalue weighted by atomic mass is 10.3. The Morgan fingerprint density at radius 3 is 2.38 bits per heavy atom. The third-order valence-electron chi connectivity index (χ3n) is 1.92. The molecule has 0 atom stereocenters. The third kappa shape index (κ3) is 3.31. The molecule has 88 valence electrons.